The van der Waals surface area contributed by atoms with Crippen molar-refractivity contribution < 1.29 is 19.2 Å². The molecule has 1 fully saturated rings. The van der Waals surface area contributed by atoms with Gasteiger partial charge in [0.2, 0.25) is 5.75 Å². The monoisotopic (exact) mass is 308 g/mol. The number of amides is 1. The van der Waals surface area contributed by atoms with Crippen LogP contribution in [0.5, 0.6) is 5.75 Å². The van der Waals surface area contributed by atoms with Gasteiger partial charge in [0.1, 0.15) is 0 Å². The number of carbonyl (C=O) groups excluding carboxylic acids is 1. The summed E-state index contributed by atoms with van der Waals surface area (Å²) in [7, 11) is 1.34. The number of carbonyl (C=O) groups is 1. The third kappa shape index (κ3) is 3.19. The van der Waals surface area contributed by atoms with E-state index in [-0.39, 0.29) is 28.8 Å². The third-order valence-electron chi connectivity index (χ3n) is 3.69. The van der Waals surface area contributed by atoms with Crippen LogP contribution in [0.1, 0.15) is 35.7 Å². The summed E-state index contributed by atoms with van der Waals surface area (Å²) in [6.07, 6.45) is 0. The molecule has 7 heteroatoms. The van der Waals surface area contributed by atoms with Gasteiger partial charge in [-0.1, -0.05) is 13.8 Å². The zero-order valence-corrected chi connectivity index (χ0v) is 13.0. The van der Waals surface area contributed by atoms with Crippen molar-refractivity contribution in [3.8, 4) is 5.75 Å². The van der Waals surface area contributed by atoms with Gasteiger partial charge in [0, 0.05) is 19.2 Å². The second-order valence-corrected chi connectivity index (χ2v) is 5.44. The molecule has 0 aromatic heterocycles. The van der Waals surface area contributed by atoms with Crippen molar-refractivity contribution in [3.63, 3.8) is 0 Å². The van der Waals surface area contributed by atoms with E-state index < -0.39 is 4.92 Å². The normalized spacial score (nSPS) is 15.0. The van der Waals surface area contributed by atoms with Crippen LogP contribution in [0, 0.1) is 10.1 Å². The SMILES string of the molecule is COc1c(C(=O)N2CCOCC2)cc(C(C)C)cc1[N+](=O)[O-]. The summed E-state index contributed by atoms with van der Waals surface area (Å²) >= 11 is 0. The average Bonchev–Trinajstić information content (AvgIpc) is 2.53. The van der Waals surface area contributed by atoms with Crippen LogP contribution in [0.2, 0.25) is 0 Å². The molecule has 2 rings (SSSR count). The van der Waals surface area contributed by atoms with Crippen LogP contribution < -0.4 is 4.74 Å². The van der Waals surface area contributed by atoms with Crippen LogP contribution in [0.15, 0.2) is 12.1 Å². The minimum atomic E-state index is -0.513. The number of hydrogen-bond donors (Lipinski definition) is 0. The van der Waals surface area contributed by atoms with Gasteiger partial charge >= 0.3 is 5.69 Å². The highest BCUT2D eigenvalue weighted by atomic mass is 16.6. The van der Waals surface area contributed by atoms with Crippen molar-refractivity contribution in [2.75, 3.05) is 33.4 Å². The Balaban J connectivity index is 2.51. The number of nitro benzene ring substituents is 1. The highest BCUT2D eigenvalue weighted by molar-refractivity contribution is 5.98. The Morgan fingerprint density at radius 1 is 1.36 bits per heavy atom. The van der Waals surface area contributed by atoms with E-state index in [0.717, 1.165) is 5.56 Å². The number of nitrogens with zero attached hydrogens (tertiary/aromatic N) is 2. The van der Waals surface area contributed by atoms with Gasteiger partial charge in [0.15, 0.2) is 0 Å². The van der Waals surface area contributed by atoms with Crippen LogP contribution in [0.3, 0.4) is 0 Å². The fourth-order valence-electron chi connectivity index (χ4n) is 2.41. The van der Waals surface area contributed by atoms with Gasteiger partial charge in [-0.3, -0.25) is 14.9 Å². The molecule has 1 saturated heterocycles. The first-order chi connectivity index (χ1) is 10.5. The van der Waals surface area contributed by atoms with Crippen molar-refractivity contribution in [2.45, 2.75) is 19.8 Å². The van der Waals surface area contributed by atoms with Gasteiger partial charge in [-0.05, 0) is 17.5 Å². The molecule has 7 nitrogen and oxygen atoms in total. The molecule has 120 valence electrons. The number of benzene rings is 1. The quantitative estimate of drug-likeness (QED) is 0.629. The Morgan fingerprint density at radius 3 is 2.50 bits per heavy atom. The largest absolute Gasteiger partial charge is 0.490 e. The minimum absolute atomic E-state index is 0.0193. The molecular weight excluding hydrogens is 288 g/mol. The first kappa shape index (κ1) is 16.2. The lowest BCUT2D eigenvalue weighted by Crippen LogP contribution is -2.40. The molecule has 1 aliphatic heterocycles. The van der Waals surface area contributed by atoms with Gasteiger partial charge in [0.25, 0.3) is 5.91 Å². The summed E-state index contributed by atoms with van der Waals surface area (Å²) in [5, 5.41) is 11.3. The average molecular weight is 308 g/mol. The van der Waals surface area contributed by atoms with Crippen LogP contribution in [-0.4, -0.2) is 49.1 Å². The summed E-state index contributed by atoms with van der Waals surface area (Å²) in [4.78, 5) is 25.1. The second-order valence-electron chi connectivity index (χ2n) is 5.44. The van der Waals surface area contributed by atoms with Crippen molar-refractivity contribution >= 4 is 11.6 Å². The van der Waals surface area contributed by atoms with E-state index in [1.165, 1.54) is 13.2 Å². The Kier molecular flexibility index (Phi) is 4.97. The fraction of sp³-hybridized carbons (Fsp3) is 0.533. The standard InChI is InChI=1S/C15H20N2O5/c1-10(2)11-8-12(14(21-3)13(9-11)17(19)20)15(18)16-4-6-22-7-5-16/h8-10H,4-7H2,1-3H3. The Bertz CT molecular complexity index is 580. The molecule has 0 spiro atoms. The number of ether oxygens (including phenoxy) is 2. The van der Waals surface area contributed by atoms with E-state index in [2.05, 4.69) is 0 Å². The van der Waals surface area contributed by atoms with Crippen LogP contribution in [-0.2, 0) is 4.74 Å². The second kappa shape index (κ2) is 6.74. The lowest BCUT2D eigenvalue weighted by Gasteiger charge is -2.27. The van der Waals surface area contributed by atoms with Crippen LogP contribution in [0.4, 0.5) is 5.69 Å². The molecule has 1 aliphatic rings. The van der Waals surface area contributed by atoms with Crippen molar-refractivity contribution in [1.82, 2.24) is 4.90 Å². The maximum atomic E-state index is 12.7. The number of hydrogen-bond acceptors (Lipinski definition) is 5. The molecule has 0 radical (unpaired) electrons. The first-order valence-electron chi connectivity index (χ1n) is 7.19. The Morgan fingerprint density at radius 2 is 2.00 bits per heavy atom. The predicted octanol–water partition coefficient (Wildman–Crippen LogP) is 2.20. The summed E-state index contributed by atoms with van der Waals surface area (Å²) in [5.74, 6) is -0.169. The lowest BCUT2D eigenvalue weighted by atomic mass is 9.98. The van der Waals surface area contributed by atoms with Gasteiger partial charge in [-0.15, -0.1) is 0 Å². The Hall–Kier alpha value is -2.15. The van der Waals surface area contributed by atoms with Crippen LogP contribution in [0.25, 0.3) is 0 Å². The van der Waals surface area contributed by atoms with E-state index in [1.807, 2.05) is 13.8 Å². The highest BCUT2D eigenvalue weighted by Crippen LogP contribution is 2.35. The molecule has 1 heterocycles. The molecule has 1 aromatic carbocycles. The molecular formula is C15H20N2O5. The minimum Gasteiger partial charge on any atom is -0.490 e. The maximum Gasteiger partial charge on any atom is 0.312 e. The van der Waals surface area contributed by atoms with Gasteiger partial charge in [0.05, 0.1) is 30.8 Å². The highest BCUT2D eigenvalue weighted by Gasteiger charge is 2.28. The summed E-state index contributed by atoms with van der Waals surface area (Å²) < 4.78 is 10.4. The smallest absolute Gasteiger partial charge is 0.312 e. The molecule has 0 atom stereocenters. The Labute approximate surface area is 129 Å². The zero-order valence-electron chi connectivity index (χ0n) is 13.0. The number of nitro groups is 1. The van der Waals surface area contributed by atoms with E-state index >= 15 is 0 Å². The molecule has 1 aromatic rings. The molecule has 1 amide bonds. The molecule has 0 saturated carbocycles. The molecule has 0 aliphatic carbocycles. The fourth-order valence-corrected chi connectivity index (χ4v) is 2.41. The molecule has 22 heavy (non-hydrogen) atoms. The summed E-state index contributed by atoms with van der Waals surface area (Å²) in [6.45, 7) is 5.74. The van der Waals surface area contributed by atoms with E-state index in [9.17, 15) is 14.9 Å². The molecule has 0 bridgehead atoms. The summed E-state index contributed by atoms with van der Waals surface area (Å²) in [6, 6.07) is 3.16. The number of methoxy groups -OCH3 is 1. The van der Waals surface area contributed by atoms with Gasteiger partial charge in [-0.25, -0.2) is 0 Å². The van der Waals surface area contributed by atoms with Crippen molar-refractivity contribution in [3.05, 3.63) is 33.4 Å². The van der Waals surface area contributed by atoms with Crippen molar-refractivity contribution in [2.24, 2.45) is 0 Å². The lowest BCUT2D eigenvalue weighted by molar-refractivity contribution is -0.385. The third-order valence-corrected chi connectivity index (χ3v) is 3.69. The number of rotatable bonds is 4. The maximum absolute atomic E-state index is 12.7. The van der Waals surface area contributed by atoms with Crippen molar-refractivity contribution in [1.29, 1.82) is 0 Å². The van der Waals surface area contributed by atoms with Crippen LogP contribution >= 0.6 is 0 Å². The molecule has 0 N–H and O–H groups in total. The van der Waals surface area contributed by atoms with E-state index in [1.54, 1.807) is 11.0 Å². The summed E-state index contributed by atoms with van der Waals surface area (Å²) in [5.41, 5.74) is 0.803. The first-order valence-corrected chi connectivity index (χ1v) is 7.19. The van der Waals surface area contributed by atoms with Gasteiger partial charge in [-0.2, -0.15) is 0 Å². The number of morpholine rings is 1. The van der Waals surface area contributed by atoms with Gasteiger partial charge < -0.3 is 14.4 Å². The van der Waals surface area contributed by atoms with E-state index in [0.29, 0.717) is 26.3 Å². The van der Waals surface area contributed by atoms with E-state index in [4.69, 9.17) is 9.47 Å². The topological polar surface area (TPSA) is 81.9 Å². The predicted molar refractivity (Wildman–Crippen MR) is 80.5 cm³/mol. The molecule has 0 unspecified atom stereocenters. The zero-order chi connectivity index (χ0) is 16.3.